The van der Waals surface area contributed by atoms with Crippen molar-refractivity contribution in [3.05, 3.63) is 81.8 Å². The van der Waals surface area contributed by atoms with E-state index in [1.54, 1.807) is 6.92 Å². The summed E-state index contributed by atoms with van der Waals surface area (Å²) < 4.78 is 7.35. The molecule has 2 amide bonds. The first kappa shape index (κ1) is 29.5. The van der Waals surface area contributed by atoms with E-state index in [0.717, 1.165) is 37.7 Å². The molecule has 1 aromatic heterocycles. The standard InChI is InChI=1S/C34H42N4O4/c1-23(21-29(35)39)38-31(32(40)36-28-15-9-4-10-16-28)30(27-19-17-26(18-20-27)25-13-7-3-8-14-25)37-33(34(38)41)42-22-24-11-5-2-6-12-24/h2,5-6,11-12,17-20,23,25,28H,3-4,7-10,13-16,21-22H2,1H3,(H2,35,39)(H,36,40). The second-order valence-corrected chi connectivity index (χ2v) is 11.8. The zero-order valence-electron chi connectivity index (χ0n) is 24.5. The number of primary amides is 1. The van der Waals surface area contributed by atoms with E-state index in [2.05, 4.69) is 17.4 Å². The molecule has 2 fully saturated rings. The minimum atomic E-state index is -0.676. The first-order valence-corrected chi connectivity index (χ1v) is 15.4. The van der Waals surface area contributed by atoms with Gasteiger partial charge in [0.2, 0.25) is 5.91 Å². The number of nitrogens with one attached hydrogen (secondary N) is 1. The van der Waals surface area contributed by atoms with Gasteiger partial charge in [-0.15, -0.1) is 0 Å². The Morgan fingerprint density at radius 3 is 2.24 bits per heavy atom. The van der Waals surface area contributed by atoms with Crippen molar-refractivity contribution in [3.63, 3.8) is 0 Å². The molecule has 0 radical (unpaired) electrons. The SMILES string of the molecule is CC(CC(N)=O)n1c(C(=O)NC2CCCCC2)c(-c2ccc(C3CCCCC3)cc2)nc(OCc2ccccc2)c1=O. The monoisotopic (exact) mass is 570 g/mol. The van der Waals surface area contributed by atoms with E-state index in [-0.39, 0.29) is 36.6 Å². The van der Waals surface area contributed by atoms with Crippen molar-refractivity contribution in [2.75, 3.05) is 0 Å². The summed E-state index contributed by atoms with van der Waals surface area (Å²) in [5.74, 6) is -0.515. The molecule has 3 N–H and O–H groups in total. The van der Waals surface area contributed by atoms with Gasteiger partial charge in [0, 0.05) is 24.1 Å². The molecule has 2 aliphatic rings. The largest absolute Gasteiger partial charge is 0.469 e. The van der Waals surface area contributed by atoms with Crippen LogP contribution >= 0.6 is 0 Å². The van der Waals surface area contributed by atoms with Gasteiger partial charge in [0.1, 0.15) is 18.0 Å². The van der Waals surface area contributed by atoms with Crippen molar-refractivity contribution < 1.29 is 14.3 Å². The molecule has 1 unspecified atom stereocenters. The quantitative estimate of drug-likeness (QED) is 0.308. The summed E-state index contributed by atoms with van der Waals surface area (Å²) in [4.78, 5) is 44.6. The summed E-state index contributed by atoms with van der Waals surface area (Å²) in [7, 11) is 0. The summed E-state index contributed by atoms with van der Waals surface area (Å²) in [6.07, 6.45) is 11.1. The Morgan fingerprint density at radius 2 is 1.60 bits per heavy atom. The molecule has 1 heterocycles. The highest BCUT2D eigenvalue weighted by Crippen LogP contribution is 2.34. The molecule has 0 bridgehead atoms. The number of carbonyl (C=O) groups is 2. The van der Waals surface area contributed by atoms with Crippen molar-refractivity contribution in [3.8, 4) is 17.1 Å². The average Bonchev–Trinajstić information content (AvgIpc) is 3.01. The van der Waals surface area contributed by atoms with E-state index in [0.29, 0.717) is 17.2 Å². The normalized spacial score (nSPS) is 17.0. The number of nitrogens with two attached hydrogens (primary N) is 1. The van der Waals surface area contributed by atoms with Crippen LogP contribution in [0.15, 0.2) is 59.4 Å². The molecule has 8 nitrogen and oxygen atoms in total. The molecule has 2 aliphatic carbocycles. The van der Waals surface area contributed by atoms with Crippen molar-refractivity contribution in [2.24, 2.45) is 5.73 Å². The second kappa shape index (κ2) is 13.8. The summed E-state index contributed by atoms with van der Waals surface area (Å²) in [6.45, 7) is 1.86. The predicted molar refractivity (Wildman–Crippen MR) is 163 cm³/mol. The Morgan fingerprint density at radius 1 is 0.952 bits per heavy atom. The topological polar surface area (TPSA) is 116 Å². The van der Waals surface area contributed by atoms with Gasteiger partial charge in [0.15, 0.2) is 0 Å². The van der Waals surface area contributed by atoms with Gasteiger partial charge < -0.3 is 15.8 Å². The fraction of sp³-hybridized carbons (Fsp3) is 0.471. The molecule has 8 heteroatoms. The number of hydrogen-bond acceptors (Lipinski definition) is 5. The molecule has 2 saturated carbocycles. The lowest BCUT2D eigenvalue weighted by molar-refractivity contribution is -0.118. The smallest absolute Gasteiger partial charge is 0.314 e. The highest BCUT2D eigenvalue weighted by atomic mass is 16.5. The number of carbonyl (C=O) groups excluding carboxylic acids is 2. The number of aromatic nitrogens is 2. The highest BCUT2D eigenvalue weighted by molar-refractivity contribution is 5.98. The van der Waals surface area contributed by atoms with E-state index < -0.39 is 17.5 Å². The second-order valence-electron chi connectivity index (χ2n) is 11.8. The van der Waals surface area contributed by atoms with Crippen LogP contribution in [-0.2, 0) is 11.4 Å². The van der Waals surface area contributed by atoms with Crippen LogP contribution in [-0.4, -0.2) is 27.4 Å². The van der Waals surface area contributed by atoms with Crippen molar-refractivity contribution in [1.82, 2.24) is 14.9 Å². The van der Waals surface area contributed by atoms with E-state index in [1.165, 1.54) is 42.2 Å². The van der Waals surface area contributed by atoms with Gasteiger partial charge in [-0.2, -0.15) is 0 Å². The fourth-order valence-electron chi connectivity index (χ4n) is 6.41. The molecule has 0 aliphatic heterocycles. The maximum Gasteiger partial charge on any atom is 0.314 e. The molecular weight excluding hydrogens is 528 g/mol. The lowest BCUT2D eigenvalue weighted by Gasteiger charge is -2.26. The number of benzene rings is 2. The number of rotatable bonds is 10. The van der Waals surface area contributed by atoms with Gasteiger partial charge in [0.05, 0.1) is 0 Å². The Hall–Kier alpha value is -3.94. The lowest BCUT2D eigenvalue weighted by Crippen LogP contribution is -2.41. The van der Waals surface area contributed by atoms with Gasteiger partial charge in [0.25, 0.3) is 11.8 Å². The van der Waals surface area contributed by atoms with E-state index in [4.69, 9.17) is 15.5 Å². The maximum atomic E-state index is 14.0. The lowest BCUT2D eigenvalue weighted by atomic mass is 9.84. The van der Waals surface area contributed by atoms with Crippen molar-refractivity contribution in [1.29, 1.82) is 0 Å². The molecule has 5 rings (SSSR count). The van der Waals surface area contributed by atoms with Gasteiger partial charge in [-0.3, -0.25) is 19.0 Å². The van der Waals surface area contributed by atoms with Gasteiger partial charge in [-0.1, -0.05) is 93.1 Å². The van der Waals surface area contributed by atoms with Crippen LogP contribution in [0.3, 0.4) is 0 Å². The number of hydrogen-bond donors (Lipinski definition) is 2. The molecular formula is C34H42N4O4. The summed E-state index contributed by atoms with van der Waals surface area (Å²) >= 11 is 0. The number of ether oxygens (including phenoxy) is 1. The van der Waals surface area contributed by atoms with Gasteiger partial charge >= 0.3 is 5.56 Å². The van der Waals surface area contributed by atoms with Crippen molar-refractivity contribution >= 4 is 11.8 Å². The Kier molecular flexibility index (Phi) is 9.72. The molecule has 222 valence electrons. The van der Waals surface area contributed by atoms with Crippen LogP contribution in [0.5, 0.6) is 5.88 Å². The van der Waals surface area contributed by atoms with Crippen LogP contribution in [0.2, 0.25) is 0 Å². The molecule has 3 aromatic rings. The summed E-state index contributed by atoms with van der Waals surface area (Å²) in [5, 5.41) is 3.17. The molecule has 0 spiro atoms. The zero-order valence-corrected chi connectivity index (χ0v) is 24.5. The summed E-state index contributed by atoms with van der Waals surface area (Å²) in [6, 6.07) is 17.1. The van der Waals surface area contributed by atoms with Crippen LogP contribution in [0.25, 0.3) is 11.3 Å². The van der Waals surface area contributed by atoms with E-state index >= 15 is 0 Å². The highest BCUT2D eigenvalue weighted by Gasteiger charge is 2.29. The van der Waals surface area contributed by atoms with E-state index in [9.17, 15) is 14.4 Å². The summed E-state index contributed by atoms with van der Waals surface area (Å²) in [5.41, 5.74) is 8.38. The zero-order chi connectivity index (χ0) is 29.5. The molecule has 2 aromatic carbocycles. The minimum absolute atomic E-state index is 0.0248. The Labute approximate surface area is 247 Å². The Bertz CT molecular complexity index is 1420. The third-order valence-electron chi connectivity index (χ3n) is 8.65. The van der Waals surface area contributed by atoms with Gasteiger partial charge in [-0.05, 0) is 49.7 Å². The van der Waals surface area contributed by atoms with Crippen LogP contribution in [0.4, 0.5) is 0 Å². The van der Waals surface area contributed by atoms with Crippen molar-refractivity contribution in [2.45, 2.75) is 102 Å². The third kappa shape index (κ3) is 7.09. The number of nitrogens with zero attached hydrogens (tertiary/aromatic N) is 2. The molecule has 42 heavy (non-hydrogen) atoms. The third-order valence-corrected chi connectivity index (χ3v) is 8.65. The Balaban J connectivity index is 1.60. The fourth-order valence-corrected chi connectivity index (χ4v) is 6.41. The van der Waals surface area contributed by atoms with Gasteiger partial charge in [-0.25, -0.2) is 4.98 Å². The average molecular weight is 571 g/mol. The first-order valence-electron chi connectivity index (χ1n) is 15.4. The molecule has 1 atom stereocenters. The number of amides is 2. The van der Waals surface area contributed by atoms with Crippen LogP contribution in [0, 0.1) is 0 Å². The minimum Gasteiger partial charge on any atom is -0.469 e. The van der Waals surface area contributed by atoms with E-state index in [1.807, 2.05) is 42.5 Å². The maximum absolute atomic E-state index is 14.0. The first-order chi connectivity index (χ1) is 20.4. The van der Waals surface area contributed by atoms with Crippen LogP contribution < -0.4 is 21.3 Å². The predicted octanol–water partition coefficient (Wildman–Crippen LogP) is 6.04. The molecule has 0 saturated heterocycles. The van der Waals surface area contributed by atoms with Crippen LogP contribution in [0.1, 0.15) is 111 Å².